The minimum atomic E-state index is 0.479. The standard InChI is InChI=1S/C16H15ClIN/c17-15-10-13(18)6-8-16(15)19-14-7-5-11-3-1-2-4-12(11)9-14/h1-4,6,8,10,14,19H,5,7,9H2. The second-order valence-corrected chi connectivity index (χ2v) is 6.63. The molecule has 0 heterocycles. The molecule has 0 amide bonds. The van der Waals surface area contributed by atoms with E-state index in [0.29, 0.717) is 6.04 Å². The van der Waals surface area contributed by atoms with E-state index in [2.05, 4.69) is 64.3 Å². The van der Waals surface area contributed by atoms with E-state index in [-0.39, 0.29) is 0 Å². The molecule has 1 nitrogen and oxygen atoms in total. The van der Waals surface area contributed by atoms with Crippen molar-refractivity contribution in [2.24, 2.45) is 0 Å². The van der Waals surface area contributed by atoms with Crippen LogP contribution in [0.4, 0.5) is 5.69 Å². The van der Waals surface area contributed by atoms with Crippen LogP contribution < -0.4 is 5.32 Å². The van der Waals surface area contributed by atoms with Crippen molar-refractivity contribution in [2.75, 3.05) is 5.32 Å². The number of aryl methyl sites for hydroxylation is 1. The Balaban J connectivity index is 1.75. The van der Waals surface area contributed by atoms with Crippen molar-refractivity contribution >= 4 is 39.9 Å². The Kier molecular flexibility index (Phi) is 3.99. The number of halogens is 2. The summed E-state index contributed by atoms with van der Waals surface area (Å²) in [5.41, 5.74) is 4.01. The molecule has 19 heavy (non-hydrogen) atoms. The van der Waals surface area contributed by atoms with Gasteiger partial charge < -0.3 is 5.32 Å². The number of hydrogen-bond donors (Lipinski definition) is 1. The third kappa shape index (κ3) is 3.06. The number of benzene rings is 2. The molecule has 1 N–H and O–H groups in total. The lowest BCUT2D eigenvalue weighted by Crippen LogP contribution is -2.27. The number of fused-ring (bicyclic) bond motifs is 1. The highest BCUT2D eigenvalue weighted by Gasteiger charge is 2.18. The average molecular weight is 384 g/mol. The first-order valence-corrected chi connectivity index (χ1v) is 7.96. The van der Waals surface area contributed by atoms with Gasteiger partial charge in [0.05, 0.1) is 10.7 Å². The van der Waals surface area contributed by atoms with E-state index in [1.807, 2.05) is 6.07 Å². The van der Waals surface area contributed by atoms with Gasteiger partial charge in [0.1, 0.15) is 0 Å². The fourth-order valence-electron chi connectivity index (χ4n) is 2.65. The van der Waals surface area contributed by atoms with Crippen molar-refractivity contribution < 1.29 is 0 Å². The Morgan fingerprint density at radius 3 is 2.68 bits per heavy atom. The first-order chi connectivity index (χ1) is 9.22. The molecule has 0 saturated carbocycles. The van der Waals surface area contributed by atoms with Gasteiger partial charge in [0.15, 0.2) is 0 Å². The second kappa shape index (κ2) is 5.71. The Labute approximate surface area is 132 Å². The van der Waals surface area contributed by atoms with Gasteiger partial charge in [0, 0.05) is 9.61 Å². The number of rotatable bonds is 2. The minimum absolute atomic E-state index is 0.479. The fraction of sp³-hybridized carbons (Fsp3) is 0.250. The molecule has 0 aromatic heterocycles. The second-order valence-electron chi connectivity index (χ2n) is 4.98. The van der Waals surface area contributed by atoms with Crippen molar-refractivity contribution in [3.05, 3.63) is 62.2 Å². The smallest absolute Gasteiger partial charge is 0.0648 e. The molecule has 2 aromatic carbocycles. The number of anilines is 1. The highest BCUT2D eigenvalue weighted by molar-refractivity contribution is 14.1. The molecule has 1 aliphatic carbocycles. The molecule has 1 unspecified atom stereocenters. The van der Waals surface area contributed by atoms with Crippen LogP contribution in [0.5, 0.6) is 0 Å². The van der Waals surface area contributed by atoms with Gasteiger partial charge in [-0.1, -0.05) is 35.9 Å². The lowest BCUT2D eigenvalue weighted by atomic mass is 9.88. The zero-order chi connectivity index (χ0) is 13.2. The van der Waals surface area contributed by atoms with E-state index in [0.717, 1.165) is 23.6 Å². The fourth-order valence-corrected chi connectivity index (χ4v) is 3.56. The topological polar surface area (TPSA) is 12.0 Å². The van der Waals surface area contributed by atoms with Crippen LogP contribution in [-0.4, -0.2) is 6.04 Å². The minimum Gasteiger partial charge on any atom is -0.381 e. The first-order valence-electron chi connectivity index (χ1n) is 6.51. The van der Waals surface area contributed by atoms with Crippen LogP contribution in [0.15, 0.2) is 42.5 Å². The molecule has 0 saturated heterocycles. The molecule has 2 aromatic rings. The van der Waals surface area contributed by atoms with E-state index in [9.17, 15) is 0 Å². The van der Waals surface area contributed by atoms with Crippen LogP contribution in [0.1, 0.15) is 17.5 Å². The van der Waals surface area contributed by atoms with Crippen LogP contribution in [-0.2, 0) is 12.8 Å². The maximum atomic E-state index is 6.28. The Bertz CT molecular complexity index is 597. The Morgan fingerprint density at radius 2 is 1.89 bits per heavy atom. The van der Waals surface area contributed by atoms with E-state index in [1.54, 1.807) is 0 Å². The zero-order valence-corrected chi connectivity index (χ0v) is 13.4. The van der Waals surface area contributed by atoms with Gasteiger partial charge in [-0.15, -0.1) is 0 Å². The van der Waals surface area contributed by atoms with Crippen LogP contribution in [0, 0.1) is 3.57 Å². The van der Waals surface area contributed by atoms with Crippen LogP contribution in [0.25, 0.3) is 0 Å². The maximum Gasteiger partial charge on any atom is 0.0648 e. The summed E-state index contributed by atoms with van der Waals surface area (Å²) in [6.07, 6.45) is 3.40. The van der Waals surface area contributed by atoms with Crippen LogP contribution in [0.2, 0.25) is 5.02 Å². The lowest BCUT2D eigenvalue weighted by molar-refractivity contribution is 0.611. The summed E-state index contributed by atoms with van der Waals surface area (Å²) in [5.74, 6) is 0. The lowest BCUT2D eigenvalue weighted by Gasteiger charge is -2.26. The summed E-state index contributed by atoms with van der Waals surface area (Å²) in [4.78, 5) is 0. The molecule has 0 radical (unpaired) electrons. The zero-order valence-electron chi connectivity index (χ0n) is 10.5. The first kappa shape index (κ1) is 13.3. The number of nitrogens with one attached hydrogen (secondary N) is 1. The predicted octanol–water partition coefficient (Wildman–Crippen LogP) is 4.91. The van der Waals surface area contributed by atoms with Crippen molar-refractivity contribution in [1.82, 2.24) is 0 Å². The van der Waals surface area contributed by atoms with Gasteiger partial charge >= 0.3 is 0 Å². The normalized spacial score (nSPS) is 17.9. The average Bonchev–Trinajstić information content (AvgIpc) is 2.42. The molecule has 0 bridgehead atoms. The maximum absolute atomic E-state index is 6.28. The van der Waals surface area contributed by atoms with Gasteiger partial charge in [-0.2, -0.15) is 0 Å². The molecule has 0 fully saturated rings. The molecule has 0 aliphatic heterocycles. The molecule has 1 atom stereocenters. The van der Waals surface area contributed by atoms with Crippen molar-refractivity contribution in [2.45, 2.75) is 25.3 Å². The molecule has 98 valence electrons. The van der Waals surface area contributed by atoms with E-state index in [4.69, 9.17) is 11.6 Å². The van der Waals surface area contributed by atoms with Gasteiger partial charge in [0.25, 0.3) is 0 Å². The van der Waals surface area contributed by atoms with Gasteiger partial charge in [-0.3, -0.25) is 0 Å². The molecular formula is C16H15ClIN. The summed E-state index contributed by atoms with van der Waals surface area (Å²) in [6, 6.07) is 15.4. The Hall–Kier alpha value is -0.740. The third-order valence-corrected chi connectivity index (χ3v) is 4.62. The molecule has 1 aliphatic rings. The van der Waals surface area contributed by atoms with Crippen molar-refractivity contribution in [3.63, 3.8) is 0 Å². The third-order valence-electron chi connectivity index (χ3n) is 3.64. The summed E-state index contributed by atoms with van der Waals surface area (Å²) in [5, 5.41) is 4.39. The molecular weight excluding hydrogens is 369 g/mol. The molecule has 3 heteroatoms. The number of hydrogen-bond acceptors (Lipinski definition) is 1. The van der Waals surface area contributed by atoms with E-state index < -0.39 is 0 Å². The van der Waals surface area contributed by atoms with Crippen molar-refractivity contribution in [1.29, 1.82) is 0 Å². The van der Waals surface area contributed by atoms with Crippen molar-refractivity contribution in [3.8, 4) is 0 Å². The van der Waals surface area contributed by atoms with E-state index in [1.165, 1.54) is 21.1 Å². The SMILES string of the molecule is Clc1cc(I)ccc1NC1CCc2ccccc2C1. The summed E-state index contributed by atoms with van der Waals surface area (Å²) in [6.45, 7) is 0. The van der Waals surface area contributed by atoms with Crippen LogP contribution in [0.3, 0.4) is 0 Å². The van der Waals surface area contributed by atoms with E-state index >= 15 is 0 Å². The highest BCUT2D eigenvalue weighted by Crippen LogP contribution is 2.28. The van der Waals surface area contributed by atoms with Gasteiger partial charge in [0.2, 0.25) is 0 Å². The summed E-state index contributed by atoms with van der Waals surface area (Å²) in [7, 11) is 0. The summed E-state index contributed by atoms with van der Waals surface area (Å²) < 4.78 is 1.17. The Morgan fingerprint density at radius 1 is 1.11 bits per heavy atom. The molecule has 3 rings (SSSR count). The highest BCUT2D eigenvalue weighted by atomic mass is 127. The van der Waals surface area contributed by atoms with Gasteiger partial charge in [-0.05, 0) is 71.2 Å². The molecule has 0 spiro atoms. The monoisotopic (exact) mass is 383 g/mol. The summed E-state index contributed by atoms with van der Waals surface area (Å²) >= 11 is 8.56. The largest absolute Gasteiger partial charge is 0.381 e. The quantitative estimate of drug-likeness (QED) is 0.726. The van der Waals surface area contributed by atoms with Crippen LogP contribution >= 0.6 is 34.2 Å². The predicted molar refractivity (Wildman–Crippen MR) is 90.0 cm³/mol. The van der Waals surface area contributed by atoms with Gasteiger partial charge in [-0.25, -0.2) is 0 Å².